The first-order valence-corrected chi connectivity index (χ1v) is 11.1. The molecule has 1 unspecified atom stereocenters. The van der Waals surface area contributed by atoms with Crippen LogP contribution >= 0.6 is 11.3 Å². The van der Waals surface area contributed by atoms with Crippen LogP contribution in [0, 0.1) is 5.82 Å². The van der Waals surface area contributed by atoms with Gasteiger partial charge in [-0.2, -0.15) is 0 Å². The molecule has 1 aliphatic heterocycles. The summed E-state index contributed by atoms with van der Waals surface area (Å²) in [6.07, 6.45) is -1.23. The molecule has 0 bridgehead atoms. The maximum Gasteiger partial charge on any atom is 0.321 e. The number of rotatable bonds is 3. The summed E-state index contributed by atoms with van der Waals surface area (Å²) < 4.78 is 15.8. The van der Waals surface area contributed by atoms with Crippen molar-refractivity contribution in [2.75, 3.05) is 17.3 Å². The minimum absolute atomic E-state index is 0.253. The first-order chi connectivity index (χ1) is 16.0. The summed E-state index contributed by atoms with van der Waals surface area (Å²) in [6, 6.07) is 20.3. The van der Waals surface area contributed by atoms with Gasteiger partial charge in [0.1, 0.15) is 5.82 Å². The van der Waals surface area contributed by atoms with Crippen LogP contribution in [0.1, 0.15) is 11.1 Å². The van der Waals surface area contributed by atoms with Gasteiger partial charge in [-0.05, 0) is 53.2 Å². The van der Waals surface area contributed by atoms with E-state index in [9.17, 15) is 14.0 Å². The number of urea groups is 1. The van der Waals surface area contributed by atoms with Crippen molar-refractivity contribution < 1.29 is 14.0 Å². The lowest BCUT2D eigenvalue weighted by Gasteiger charge is -2.21. The van der Waals surface area contributed by atoms with E-state index in [1.165, 1.54) is 11.0 Å². The number of thiophene rings is 1. The number of nitrogens with one attached hydrogen (secondary N) is 2. The Morgan fingerprint density at radius 2 is 1.79 bits per heavy atom. The number of benzene rings is 3. The molecule has 5 rings (SSSR count). The highest BCUT2D eigenvalue weighted by Gasteiger charge is 2.31. The standard InChI is InChI=1S/C25H19FN4O2S/c1-30-20-9-5-3-7-18(20)22(17-6-2-4-8-19(17)26)28-23(24(30)31)29-25(32)27-16-10-11-21-15(14-16)12-13-33-21/h2-14,23H,1H3,(H2,27,29,32). The fourth-order valence-corrected chi connectivity index (χ4v) is 4.59. The maximum atomic E-state index is 14.7. The number of hydrogen-bond acceptors (Lipinski definition) is 4. The molecule has 8 heteroatoms. The molecule has 1 aliphatic rings. The van der Waals surface area contributed by atoms with Crippen LogP contribution < -0.4 is 15.5 Å². The molecule has 2 N–H and O–H groups in total. The number of carbonyl (C=O) groups is 2. The molecule has 1 aromatic heterocycles. The van der Waals surface area contributed by atoms with Crippen LogP contribution in [0.25, 0.3) is 10.1 Å². The Kier molecular flexibility index (Phi) is 5.35. The number of aliphatic imine (C=N–C) groups is 1. The van der Waals surface area contributed by atoms with Gasteiger partial charge in [-0.1, -0.05) is 30.3 Å². The number of halogens is 1. The zero-order chi connectivity index (χ0) is 22.9. The molecule has 33 heavy (non-hydrogen) atoms. The molecule has 4 aromatic rings. The number of fused-ring (bicyclic) bond motifs is 2. The Bertz CT molecular complexity index is 1410. The van der Waals surface area contributed by atoms with Gasteiger partial charge in [-0.15, -0.1) is 11.3 Å². The highest BCUT2D eigenvalue weighted by molar-refractivity contribution is 7.17. The van der Waals surface area contributed by atoms with Gasteiger partial charge >= 0.3 is 6.03 Å². The van der Waals surface area contributed by atoms with Crippen LogP contribution in [-0.4, -0.2) is 30.9 Å². The predicted octanol–water partition coefficient (Wildman–Crippen LogP) is 5.00. The minimum atomic E-state index is -1.23. The molecule has 3 amide bonds. The summed E-state index contributed by atoms with van der Waals surface area (Å²) in [5, 5.41) is 8.38. The van der Waals surface area contributed by atoms with Crippen molar-refractivity contribution in [3.63, 3.8) is 0 Å². The molecule has 1 atom stereocenters. The summed E-state index contributed by atoms with van der Waals surface area (Å²) in [5.41, 5.74) is 2.33. The van der Waals surface area contributed by atoms with Crippen molar-refractivity contribution in [2.24, 2.45) is 4.99 Å². The molecule has 0 aliphatic carbocycles. The Morgan fingerprint density at radius 1 is 1.03 bits per heavy atom. The van der Waals surface area contributed by atoms with E-state index in [0.29, 0.717) is 22.6 Å². The van der Waals surface area contributed by atoms with Crippen LogP contribution in [0.5, 0.6) is 0 Å². The number of nitrogens with zero attached hydrogens (tertiary/aromatic N) is 2. The first-order valence-electron chi connectivity index (χ1n) is 10.3. The lowest BCUT2D eigenvalue weighted by Crippen LogP contribution is -2.47. The summed E-state index contributed by atoms with van der Waals surface area (Å²) in [4.78, 5) is 31.9. The number of para-hydroxylation sites is 1. The molecule has 0 saturated heterocycles. The average Bonchev–Trinajstić information content (AvgIpc) is 3.26. The second-order valence-electron chi connectivity index (χ2n) is 7.55. The third kappa shape index (κ3) is 3.96. The summed E-state index contributed by atoms with van der Waals surface area (Å²) in [6.45, 7) is 0. The lowest BCUT2D eigenvalue weighted by atomic mass is 10.00. The fraction of sp³-hybridized carbons (Fsp3) is 0.0800. The molecule has 164 valence electrons. The van der Waals surface area contributed by atoms with Gasteiger partial charge in [-0.25, -0.2) is 14.2 Å². The Balaban J connectivity index is 1.49. The first kappa shape index (κ1) is 20.8. The van der Waals surface area contributed by atoms with Gasteiger partial charge in [0.05, 0.1) is 11.4 Å². The topological polar surface area (TPSA) is 73.8 Å². The van der Waals surface area contributed by atoms with Crippen LogP contribution in [0.2, 0.25) is 0 Å². The summed E-state index contributed by atoms with van der Waals surface area (Å²) >= 11 is 1.61. The third-order valence-corrected chi connectivity index (χ3v) is 6.35. The minimum Gasteiger partial charge on any atom is -0.311 e. The quantitative estimate of drug-likeness (QED) is 0.453. The predicted molar refractivity (Wildman–Crippen MR) is 130 cm³/mol. The van der Waals surface area contributed by atoms with E-state index >= 15 is 0 Å². The van der Waals surface area contributed by atoms with Gasteiger partial charge < -0.3 is 15.5 Å². The van der Waals surface area contributed by atoms with Crippen LogP contribution in [-0.2, 0) is 4.79 Å². The summed E-state index contributed by atoms with van der Waals surface area (Å²) in [5.74, 6) is -0.896. The van der Waals surface area contributed by atoms with Crippen molar-refractivity contribution in [1.82, 2.24) is 5.32 Å². The molecule has 0 spiro atoms. The van der Waals surface area contributed by atoms with Crippen molar-refractivity contribution in [3.05, 3.63) is 95.1 Å². The van der Waals surface area contributed by atoms with E-state index in [1.807, 2.05) is 23.6 Å². The van der Waals surface area contributed by atoms with E-state index in [0.717, 1.165) is 10.1 Å². The molecule has 3 aromatic carbocycles. The number of amides is 3. The monoisotopic (exact) mass is 458 g/mol. The molecule has 0 radical (unpaired) electrons. The fourth-order valence-electron chi connectivity index (χ4n) is 3.82. The van der Waals surface area contributed by atoms with E-state index < -0.39 is 23.9 Å². The summed E-state index contributed by atoms with van der Waals surface area (Å²) in [7, 11) is 1.61. The number of carbonyl (C=O) groups excluding carboxylic acids is 2. The van der Waals surface area contributed by atoms with E-state index in [-0.39, 0.29) is 5.56 Å². The normalized spacial score (nSPS) is 15.6. The zero-order valence-corrected chi connectivity index (χ0v) is 18.4. The Hall–Kier alpha value is -4.04. The van der Waals surface area contributed by atoms with Gasteiger partial charge in [0.25, 0.3) is 5.91 Å². The number of likely N-dealkylation sites (N-methyl/N-ethyl adjacent to an activating group) is 1. The van der Waals surface area contributed by atoms with Crippen LogP contribution in [0.3, 0.4) is 0 Å². The number of anilines is 2. The van der Waals surface area contributed by atoms with Crippen LogP contribution in [0.4, 0.5) is 20.6 Å². The Labute approximate surface area is 193 Å². The van der Waals surface area contributed by atoms with Gasteiger partial charge in [-0.3, -0.25) is 4.79 Å². The van der Waals surface area contributed by atoms with Crippen molar-refractivity contribution >= 4 is 50.4 Å². The average molecular weight is 459 g/mol. The van der Waals surface area contributed by atoms with Crippen LogP contribution in [0.15, 0.2) is 83.2 Å². The SMILES string of the molecule is CN1C(=O)C(NC(=O)Nc2ccc3sccc3c2)N=C(c2ccccc2F)c2ccccc21. The smallest absolute Gasteiger partial charge is 0.311 e. The zero-order valence-electron chi connectivity index (χ0n) is 17.6. The van der Waals surface area contributed by atoms with Gasteiger partial charge in [0, 0.05) is 28.6 Å². The molecule has 0 fully saturated rings. The second-order valence-corrected chi connectivity index (χ2v) is 8.49. The van der Waals surface area contributed by atoms with Crippen molar-refractivity contribution in [3.8, 4) is 0 Å². The van der Waals surface area contributed by atoms with Crippen molar-refractivity contribution in [2.45, 2.75) is 6.17 Å². The van der Waals surface area contributed by atoms with E-state index in [4.69, 9.17) is 0 Å². The second kappa shape index (κ2) is 8.48. The van der Waals surface area contributed by atoms with Gasteiger partial charge in [0.2, 0.25) is 6.17 Å². The number of benzodiazepines with no additional fused rings is 1. The molecule has 2 heterocycles. The largest absolute Gasteiger partial charge is 0.321 e. The molecule has 6 nitrogen and oxygen atoms in total. The molecular formula is C25H19FN4O2S. The van der Waals surface area contributed by atoms with E-state index in [2.05, 4.69) is 15.6 Å². The molecular weight excluding hydrogens is 439 g/mol. The van der Waals surface area contributed by atoms with Gasteiger partial charge in [0.15, 0.2) is 0 Å². The third-order valence-electron chi connectivity index (χ3n) is 5.45. The van der Waals surface area contributed by atoms with E-state index in [1.54, 1.807) is 66.9 Å². The molecule has 0 saturated carbocycles. The highest BCUT2D eigenvalue weighted by atomic mass is 32.1. The number of hydrogen-bond donors (Lipinski definition) is 2. The highest BCUT2D eigenvalue weighted by Crippen LogP contribution is 2.28. The maximum absolute atomic E-state index is 14.7. The van der Waals surface area contributed by atoms with Crippen molar-refractivity contribution in [1.29, 1.82) is 0 Å². The Morgan fingerprint density at radius 3 is 2.61 bits per heavy atom. The lowest BCUT2D eigenvalue weighted by molar-refractivity contribution is -0.119.